The molecule has 0 N–H and O–H groups in total. The van der Waals surface area contributed by atoms with Gasteiger partial charge in [-0.25, -0.2) is 0 Å². The predicted octanol–water partition coefficient (Wildman–Crippen LogP) is 3.85. The normalized spacial score (nSPS) is 30.3. The van der Waals surface area contributed by atoms with Crippen LogP contribution in [0, 0.1) is 10.8 Å². The minimum atomic E-state index is -0.380. The molecule has 0 amide bonds. The Morgan fingerprint density at radius 3 is 2.47 bits per heavy atom. The SMILES string of the molecule is C=CC1(OC(=O)C(C)(C)CC)CCCC12CC2. The van der Waals surface area contributed by atoms with Gasteiger partial charge in [-0.2, -0.15) is 0 Å². The van der Waals surface area contributed by atoms with E-state index in [0.29, 0.717) is 0 Å². The van der Waals surface area contributed by atoms with Crippen molar-refractivity contribution in [3.63, 3.8) is 0 Å². The van der Waals surface area contributed by atoms with Crippen molar-refractivity contribution >= 4 is 5.97 Å². The molecule has 0 bridgehead atoms. The molecule has 2 aliphatic rings. The Morgan fingerprint density at radius 2 is 2.00 bits per heavy atom. The average molecular weight is 236 g/mol. The molecule has 2 heteroatoms. The van der Waals surface area contributed by atoms with E-state index < -0.39 is 0 Å². The van der Waals surface area contributed by atoms with Gasteiger partial charge >= 0.3 is 5.97 Å². The fraction of sp³-hybridized carbons (Fsp3) is 0.800. The summed E-state index contributed by atoms with van der Waals surface area (Å²) in [5, 5.41) is 0. The van der Waals surface area contributed by atoms with Crippen molar-refractivity contribution in [1.29, 1.82) is 0 Å². The highest BCUT2D eigenvalue weighted by atomic mass is 16.6. The maximum Gasteiger partial charge on any atom is 0.312 e. The molecule has 2 saturated carbocycles. The van der Waals surface area contributed by atoms with Crippen LogP contribution in [0.25, 0.3) is 0 Å². The first-order valence-corrected chi connectivity index (χ1v) is 6.78. The van der Waals surface area contributed by atoms with Gasteiger partial charge in [0.05, 0.1) is 5.41 Å². The average Bonchev–Trinajstić information content (AvgIpc) is 2.99. The van der Waals surface area contributed by atoms with Gasteiger partial charge in [-0.05, 0) is 58.4 Å². The first kappa shape index (κ1) is 12.7. The highest BCUT2D eigenvalue weighted by Crippen LogP contribution is 2.65. The summed E-state index contributed by atoms with van der Waals surface area (Å²) in [4.78, 5) is 12.3. The van der Waals surface area contributed by atoms with E-state index in [1.54, 1.807) is 0 Å². The van der Waals surface area contributed by atoms with Gasteiger partial charge in [0, 0.05) is 5.41 Å². The summed E-state index contributed by atoms with van der Waals surface area (Å²) in [5.74, 6) is -0.0620. The zero-order valence-corrected chi connectivity index (χ0v) is 11.3. The standard InChI is InChI=1S/C15H24O2/c1-5-13(3,4)12(16)17-15(6-2)9-7-8-14(15)10-11-14/h6H,2,5,7-11H2,1,3-4H3. The zero-order valence-electron chi connectivity index (χ0n) is 11.3. The van der Waals surface area contributed by atoms with E-state index in [2.05, 4.69) is 6.58 Å². The second-order valence-electron chi connectivity index (χ2n) is 6.35. The quantitative estimate of drug-likeness (QED) is 0.547. The molecular weight excluding hydrogens is 212 g/mol. The fourth-order valence-corrected chi connectivity index (χ4v) is 2.96. The second-order valence-corrected chi connectivity index (χ2v) is 6.35. The molecule has 0 aromatic heterocycles. The molecule has 1 spiro atoms. The van der Waals surface area contributed by atoms with Crippen LogP contribution in [0.5, 0.6) is 0 Å². The summed E-state index contributed by atoms with van der Waals surface area (Å²) in [5.41, 5.74) is -0.501. The van der Waals surface area contributed by atoms with Crippen LogP contribution in [0.3, 0.4) is 0 Å². The zero-order chi connectivity index (χ0) is 12.7. The van der Waals surface area contributed by atoms with Crippen LogP contribution in [-0.2, 0) is 9.53 Å². The van der Waals surface area contributed by atoms with Crippen molar-refractivity contribution in [3.8, 4) is 0 Å². The number of carbonyl (C=O) groups excluding carboxylic acids is 1. The molecule has 2 rings (SSSR count). The summed E-state index contributed by atoms with van der Waals surface area (Å²) < 4.78 is 5.92. The third kappa shape index (κ3) is 1.82. The van der Waals surface area contributed by atoms with Gasteiger partial charge in [0.2, 0.25) is 0 Å². The van der Waals surface area contributed by atoms with Crippen molar-refractivity contribution in [2.75, 3.05) is 0 Å². The predicted molar refractivity (Wildman–Crippen MR) is 68.6 cm³/mol. The van der Waals surface area contributed by atoms with Gasteiger partial charge in [-0.3, -0.25) is 4.79 Å². The molecule has 0 heterocycles. The van der Waals surface area contributed by atoms with Crippen LogP contribution in [0.2, 0.25) is 0 Å². The lowest BCUT2D eigenvalue weighted by Crippen LogP contribution is -2.42. The molecule has 0 radical (unpaired) electrons. The lowest BCUT2D eigenvalue weighted by atomic mass is 9.85. The van der Waals surface area contributed by atoms with Crippen molar-refractivity contribution in [1.82, 2.24) is 0 Å². The molecule has 0 saturated heterocycles. The minimum absolute atomic E-state index is 0.0620. The van der Waals surface area contributed by atoms with Crippen molar-refractivity contribution < 1.29 is 9.53 Å². The summed E-state index contributed by atoms with van der Waals surface area (Å²) in [6, 6.07) is 0. The lowest BCUT2D eigenvalue weighted by Gasteiger charge is -2.35. The molecular formula is C15H24O2. The number of rotatable bonds is 4. The largest absolute Gasteiger partial charge is 0.454 e. The molecule has 2 aliphatic carbocycles. The Balaban J connectivity index is 2.16. The van der Waals surface area contributed by atoms with Crippen LogP contribution < -0.4 is 0 Å². The third-order valence-corrected chi connectivity index (χ3v) is 5.00. The Kier molecular flexibility index (Phi) is 2.87. The third-order valence-electron chi connectivity index (χ3n) is 5.00. The molecule has 17 heavy (non-hydrogen) atoms. The van der Waals surface area contributed by atoms with E-state index >= 15 is 0 Å². The molecule has 96 valence electrons. The van der Waals surface area contributed by atoms with Crippen molar-refractivity contribution in [2.24, 2.45) is 10.8 Å². The highest BCUT2D eigenvalue weighted by Gasteiger charge is 2.63. The van der Waals surface area contributed by atoms with E-state index in [1.807, 2.05) is 26.8 Å². The topological polar surface area (TPSA) is 26.3 Å². The number of ether oxygens (including phenoxy) is 1. The molecule has 1 atom stereocenters. The number of esters is 1. The molecule has 0 aromatic rings. The Morgan fingerprint density at radius 1 is 1.35 bits per heavy atom. The first-order chi connectivity index (χ1) is 7.91. The minimum Gasteiger partial charge on any atom is -0.454 e. The van der Waals surface area contributed by atoms with Crippen molar-refractivity contribution in [3.05, 3.63) is 12.7 Å². The second kappa shape index (κ2) is 3.86. The van der Waals surface area contributed by atoms with Crippen LogP contribution in [0.15, 0.2) is 12.7 Å². The lowest BCUT2D eigenvalue weighted by molar-refractivity contribution is -0.170. The van der Waals surface area contributed by atoms with Gasteiger partial charge < -0.3 is 4.74 Å². The summed E-state index contributed by atoms with van der Waals surface area (Å²) in [7, 11) is 0. The summed E-state index contributed by atoms with van der Waals surface area (Å²) in [6.07, 6.45) is 8.41. The molecule has 1 unspecified atom stereocenters. The van der Waals surface area contributed by atoms with Gasteiger partial charge in [-0.15, -0.1) is 0 Å². The van der Waals surface area contributed by atoms with Crippen LogP contribution in [0.1, 0.15) is 59.3 Å². The van der Waals surface area contributed by atoms with Crippen molar-refractivity contribution in [2.45, 2.75) is 64.9 Å². The van der Waals surface area contributed by atoms with Gasteiger partial charge in [0.15, 0.2) is 0 Å². The monoisotopic (exact) mass is 236 g/mol. The van der Waals surface area contributed by atoms with E-state index in [0.717, 1.165) is 19.3 Å². The first-order valence-electron chi connectivity index (χ1n) is 6.78. The molecule has 0 aliphatic heterocycles. The van der Waals surface area contributed by atoms with Gasteiger partial charge in [-0.1, -0.05) is 13.5 Å². The smallest absolute Gasteiger partial charge is 0.312 e. The maximum absolute atomic E-state index is 12.3. The number of hydrogen-bond donors (Lipinski definition) is 0. The maximum atomic E-state index is 12.3. The van der Waals surface area contributed by atoms with E-state index in [1.165, 1.54) is 19.3 Å². The van der Waals surface area contributed by atoms with E-state index in [9.17, 15) is 4.79 Å². The molecule has 2 fully saturated rings. The molecule has 2 nitrogen and oxygen atoms in total. The Bertz CT molecular complexity index is 339. The molecule has 0 aromatic carbocycles. The summed E-state index contributed by atoms with van der Waals surface area (Å²) in [6.45, 7) is 9.88. The Hall–Kier alpha value is -0.790. The van der Waals surface area contributed by atoms with Gasteiger partial charge in [0.25, 0.3) is 0 Å². The van der Waals surface area contributed by atoms with E-state index in [-0.39, 0.29) is 22.4 Å². The van der Waals surface area contributed by atoms with Crippen LogP contribution in [-0.4, -0.2) is 11.6 Å². The summed E-state index contributed by atoms with van der Waals surface area (Å²) >= 11 is 0. The van der Waals surface area contributed by atoms with Gasteiger partial charge in [0.1, 0.15) is 5.60 Å². The van der Waals surface area contributed by atoms with Crippen LogP contribution >= 0.6 is 0 Å². The van der Waals surface area contributed by atoms with E-state index in [4.69, 9.17) is 4.74 Å². The van der Waals surface area contributed by atoms with Crippen LogP contribution in [0.4, 0.5) is 0 Å². The Labute approximate surface area is 104 Å². The highest BCUT2D eigenvalue weighted by molar-refractivity contribution is 5.76. The number of carbonyl (C=O) groups is 1. The number of hydrogen-bond acceptors (Lipinski definition) is 2. The fourth-order valence-electron chi connectivity index (χ4n) is 2.96.